The Morgan fingerprint density at radius 1 is 1.11 bits per heavy atom. The number of thiazole rings is 1. The van der Waals surface area contributed by atoms with Crippen molar-refractivity contribution < 1.29 is 13.2 Å². The Balaban J connectivity index is 1.78. The van der Waals surface area contributed by atoms with E-state index >= 15 is 0 Å². The summed E-state index contributed by atoms with van der Waals surface area (Å²) in [6.07, 6.45) is 0.128. The molecule has 146 valence electrons. The number of carbonyl (C=O) groups excluding carboxylic acids is 1. The van der Waals surface area contributed by atoms with Crippen molar-refractivity contribution in [3.05, 3.63) is 69.1 Å². The van der Waals surface area contributed by atoms with E-state index in [1.165, 1.54) is 17.4 Å². The molecule has 0 radical (unpaired) electrons. The lowest BCUT2D eigenvalue weighted by Crippen LogP contribution is -2.17. The molecule has 0 fully saturated rings. The first-order valence-electron chi connectivity index (χ1n) is 8.33. The highest BCUT2D eigenvalue weighted by atomic mass is 35.5. The van der Waals surface area contributed by atoms with E-state index in [4.69, 9.17) is 11.6 Å². The van der Waals surface area contributed by atoms with Crippen molar-refractivity contribution in [1.82, 2.24) is 4.98 Å². The maximum absolute atomic E-state index is 12.8. The fraction of sp³-hybridized carbons (Fsp3) is 0.158. The number of aromatic nitrogens is 1. The van der Waals surface area contributed by atoms with Gasteiger partial charge in [-0.05, 0) is 55.8 Å². The number of carbonyl (C=O) groups is 1. The predicted molar refractivity (Wildman–Crippen MR) is 113 cm³/mol. The maximum Gasteiger partial charge on any atom is 0.262 e. The molecular weight excluding hydrogens is 418 g/mol. The molecule has 28 heavy (non-hydrogen) atoms. The molecule has 1 heterocycles. The van der Waals surface area contributed by atoms with Crippen LogP contribution >= 0.6 is 22.9 Å². The van der Waals surface area contributed by atoms with Crippen LogP contribution in [0.5, 0.6) is 0 Å². The van der Waals surface area contributed by atoms with Crippen LogP contribution in [0.1, 0.15) is 16.3 Å². The van der Waals surface area contributed by atoms with Gasteiger partial charge in [0, 0.05) is 21.8 Å². The summed E-state index contributed by atoms with van der Waals surface area (Å²) in [6, 6.07) is 11.1. The predicted octanol–water partition coefficient (Wildman–Crippen LogP) is 4.40. The van der Waals surface area contributed by atoms with Crippen molar-refractivity contribution in [2.45, 2.75) is 25.2 Å². The summed E-state index contributed by atoms with van der Waals surface area (Å²) in [5.41, 5.74) is 2.05. The van der Waals surface area contributed by atoms with E-state index in [1.54, 1.807) is 43.3 Å². The van der Waals surface area contributed by atoms with Crippen LogP contribution in [0.15, 0.2) is 52.7 Å². The minimum Gasteiger partial charge on any atom is -0.326 e. The molecule has 9 heteroatoms. The first kappa shape index (κ1) is 20.3. The third-order valence-corrected chi connectivity index (χ3v) is 6.46. The van der Waals surface area contributed by atoms with Crippen LogP contribution in [-0.4, -0.2) is 19.3 Å². The fourth-order valence-corrected chi connectivity index (χ4v) is 4.62. The van der Waals surface area contributed by atoms with Crippen molar-refractivity contribution in [2.75, 3.05) is 10.0 Å². The average Bonchev–Trinajstić information content (AvgIpc) is 3.03. The second-order valence-corrected chi connectivity index (χ2v) is 9.32. The number of halogens is 1. The molecule has 0 saturated carbocycles. The molecule has 0 aliphatic heterocycles. The van der Waals surface area contributed by atoms with Gasteiger partial charge in [0.05, 0.1) is 22.0 Å². The molecule has 2 aromatic carbocycles. The van der Waals surface area contributed by atoms with Crippen molar-refractivity contribution in [1.29, 1.82) is 0 Å². The topological polar surface area (TPSA) is 88.2 Å². The van der Waals surface area contributed by atoms with E-state index in [1.807, 2.05) is 12.3 Å². The lowest BCUT2D eigenvalue weighted by Gasteiger charge is -2.13. The van der Waals surface area contributed by atoms with Gasteiger partial charge in [0.25, 0.3) is 10.0 Å². The number of hydrogen-bond acceptors (Lipinski definition) is 5. The smallest absolute Gasteiger partial charge is 0.262 e. The largest absolute Gasteiger partial charge is 0.326 e. The lowest BCUT2D eigenvalue weighted by atomic mass is 10.2. The summed E-state index contributed by atoms with van der Waals surface area (Å²) in [5.74, 6) is -0.261. The van der Waals surface area contributed by atoms with Gasteiger partial charge in [-0.1, -0.05) is 17.7 Å². The van der Waals surface area contributed by atoms with Gasteiger partial charge in [0.15, 0.2) is 0 Å². The summed E-state index contributed by atoms with van der Waals surface area (Å²) in [5, 5.41) is 5.96. The maximum atomic E-state index is 12.8. The number of sulfonamides is 1. The summed E-state index contributed by atoms with van der Waals surface area (Å²) in [4.78, 5) is 16.6. The van der Waals surface area contributed by atoms with E-state index in [2.05, 4.69) is 15.0 Å². The first-order valence-corrected chi connectivity index (χ1v) is 11.1. The highest BCUT2D eigenvalue weighted by molar-refractivity contribution is 7.92. The minimum absolute atomic E-state index is 0.0877. The molecule has 3 aromatic rings. The van der Waals surface area contributed by atoms with Crippen LogP contribution in [0.4, 0.5) is 11.4 Å². The summed E-state index contributed by atoms with van der Waals surface area (Å²) >= 11 is 7.31. The Morgan fingerprint density at radius 3 is 2.43 bits per heavy atom. The molecular formula is C19H18ClN3O3S2. The summed E-state index contributed by atoms with van der Waals surface area (Å²) in [7, 11) is -3.83. The Labute approximate surface area is 172 Å². The molecule has 0 saturated heterocycles. The molecule has 0 bridgehead atoms. The third kappa shape index (κ3) is 5.09. The molecule has 0 aliphatic rings. The number of hydrogen-bond donors (Lipinski definition) is 2. The molecule has 2 N–H and O–H groups in total. The van der Waals surface area contributed by atoms with Crippen LogP contribution < -0.4 is 10.0 Å². The fourth-order valence-electron chi connectivity index (χ4n) is 2.55. The third-order valence-electron chi connectivity index (χ3n) is 3.87. The highest BCUT2D eigenvalue weighted by Gasteiger charge is 2.18. The number of anilines is 2. The number of nitrogens with zero attached hydrogens (tertiary/aromatic N) is 1. The van der Waals surface area contributed by atoms with Gasteiger partial charge < -0.3 is 5.32 Å². The second kappa shape index (κ2) is 8.30. The number of benzene rings is 2. The van der Waals surface area contributed by atoms with E-state index in [0.29, 0.717) is 27.7 Å². The van der Waals surface area contributed by atoms with Crippen molar-refractivity contribution in [3.8, 4) is 0 Å². The summed E-state index contributed by atoms with van der Waals surface area (Å²) in [6.45, 7) is 3.57. The normalized spacial score (nSPS) is 11.2. The zero-order valence-electron chi connectivity index (χ0n) is 15.2. The molecule has 1 aromatic heterocycles. The Bertz CT molecular complexity index is 1110. The molecule has 0 atom stereocenters. The molecule has 6 nitrogen and oxygen atoms in total. The number of rotatable bonds is 6. The van der Waals surface area contributed by atoms with Crippen molar-refractivity contribution >= 4 is 50.2 Å². The van der Waals surface area contributed by atoms with Gasteiger partial charge in [0.1, 0.15) is 0 Å². The first-order chi connectivity index (χ1) is 13.2. The molecule has 3 rings (SSSR count). The van der Waals surface area contributed by atoms with Gasteiger partial charge in [-0.15, -0.1) is 11.3 Å². The highest BCUT2D eigenvalue weighted by Crippen LogP contribution is 2.24. The SMILES string of the molecule is Cc1nc(CC(=O)Nc2ccc(C)c(S(=O)(=O)Nc3ccc(Cl)cc3)c2)cs1. The average molecular weight is 436 g/mol. The Hall–Kier alpha value is -2.42. The van der Waals surface area contributed by atoms with Crippen LogP contribution in [0.25, 0.3) is 0 Å². The van der Waals surface area contributed by atoms with Gasteiger partial charge >= 0.3 is 0 Å². The van der Waals surface area contributed by atoms with Crippen LogP contribution in [0, 0.1) is 13.8 Å². The zero-order valence-corrected chi connectivity index (χ0v) is 17.6. The van der Waals surface area contributed by atoms with E-state index in [0.717, 1.165) is 5.01 Å². The molecule has 1 amide bonds. The van der Waals surface area contributed by atoms with Gasteiger partial charge in [-0.3, -0.25) is 9.52 Å². The summed E-state index contributed by atoms with van der Waals surface area (Å²) < 4.78 is 28.1. The minimum atomic E-state index is -3.83. The van der Waals surface area contributed by atoms with Gasteiger partial charge in [-0.25, -0.2) is 13.4 Å². The number of nitrogens with one attached hydrogen (secondary N) is 2. The monoisotopic (exact) mass is 435 g/mol. The molecule has 0 aliphatic carbocycles. The lowest BCUT2D eigenvalue weighted by molar-refractivity contribution is -0.115. The molecule has 0 spiro atoms. The Kier molecular flexibility index (Phi) is 6.02. The molecule has 0 unspecified atom stereocenters. The van der Waals surface area contributed by atoms with E-state index in [-0.39, 0.29) is 17.2 Å². The van der Waals surface area contributed by atoms with Gasteiger partial charge in [0.2, 0.25) is 5.91 Å². The van der Waals surface area contributed by atoms with Crippen LogP contribution in [0.2, 0.25) is 5.02 Å². The zero-order chi connectivity index (χ0) is 20.3. The standard InChI is InChI=1S/C19H18ClN3O3S2/c1-12-3-6-16(22-19(24)10-17-11-27-13(2)21-17)9-18(12)28(25,26)23-15-7-4-14(20)5-8-15/h3-9,11,23H,10H2,1-2H3,(H,22,24). The second-order valence-electron chi connectivity index (χ2n) is 6.18. The van der Waals surface area contributed by atoms with E-state index in [9.17, 15) is 13.2 Å². The number of aryl methyl sites for hydroxylation is 2. The van der Waals surface area contributed by atoms with E-state index < -0.39 is 10.0 Å². The Morgan fingerprint density at radius 2 is 1.79 bits per heavy atom. The quantitative estimate of drug-likeness (QED) is 0.600. The van der Waals surface area contributed by atoms with Crippen LogP contribution in [-0.2, 0) is 21.2 Å². The van der Waals surface area contributed by atoms with Crippen LogP contribution in [0.3, 0.4) is 0 Å². The van der Waals surface area contributed by atoms with Crippen molar-refractivity contribution in [2.24, 2.45) is 0 Å². The van der Waals surface area contributed by atoms with Crippen molar-refractivity contribution in [3.63, 3.8) is 0 Å². The van der Waals surface area contributed by atoms with Gasteiger partial charge in [-0.2, -0.15) is 0 Å². The number of amides is 1.